The molecular weight excluding hydrogens is 346 g/mol. The summed E-state index contributed by atoms with van der Waals surface area (Å²) in [6, 6.07) is 16.3. The summed E-state index contributed by atoms with van der Waals surface area (Å²) in [5.74, 6) is 0. The molecule has 0 saturated heterocycles. The van der Waals surface area contributed by atoms with E-state index < -0.39 is 0 Å². The summed E-state index contributed by atoms with van der Waals surface area (Å²) in [5.41, 5.74) is 4.22. The molecule has 1 nitrogen and oxygen atoms in total. The first-order valence-corrected chi connectivity index (χ1v) is 8.21. The molecule has 0 saturated carbocycles. The number of hydrogen-bond acceptors (Lipinski definition) is 1. The van der Waals surface area contributed by atoms with Crippen molar-refractivity contribution in [1.82, 2.24) is 4.98 Å². The first-order valence-electron chi connectivity index (χ1n) is 7.03. The highest BCUT2D eigenvalue weighted by atomic mass is 79.9. The molecule has 0 N–H and O–H groups in total. The van der Waals surface area contributed by atoms with E-state index in [2.05, 4.69) is 47.1 Å². The van der Waals surface area contributed by atoms with Crippen molar-refractivity contribution in [2.45, 2.75) is 19.8 Å². The summed E-state index contributed by atoms with van der Waals surface area (Å²) in [7, 11) is 0. The van der Waals surface area contributed by atoms with Crippen LogP contribution in [0.2, 0.25) is 5.02 Å². The molecule has 21 heavy (non-hydrogen) atoms. The van der Waals surface area contributed by atoms with E-state index in [0.717, 1.165) is 34.1 Å². The van der Waals surface area contributed by atoms with E-state index in [9.17, 15) is 0 Å². The summed E-state index contributed by atoms with van der Waals surface area (Å²) in [6.07, 6.45) is 2.15. The van der Waals surface area contributed by atoms with Crippen molar-refractivity contribution in [1.29, 1.82) is 0 Å². The Morgan fingerprint density at radius 2 is 1.86 bits per heavy atom. The van der Waals surface area contributed by atoms with Gasteiger partial charge in [-0.3, -0.25) is 0 Å². The number of rotatable bonds is 3. The van der Waals surface area contributed by atoms with Crippen molar-refractivity contribution in [3.05, 3.63) is 63.6 Å². The molecule has 0 bridgehead atoms. The monoisotopic (exact) mass is 359 g/mol. The molecule has 1 aromatic heterocycles. The van der Waals surface area contributed by atoms with Gasteiger partial charge >= 0.3 is 0 Å². The number of pyridine rings is 1. The van der Waals surface area contributed by atoms with Gasteiger partial charge in [0.25, 0.3) is 0 Å². The molecule has 0 aliphatic rings. The lowest BCUT2D eigenvalue weighted by Crippen LogP contribution is -1.92. The van der Waals surface area contributed by atoms with Gasteiger partial charge in [0.1, 0.15) is 0 Å². The Labute approximate surface area is 138 Å². The highest BCUT2D eigenvalue weighted by Crippen LogP contribution is 2.34. The number of nitrogens with zero attached hydrogens (tertiary/aromatic N) is 1. The maximum Gasteiger partial charge on any atom is 0.0741 e. The van der Waals surface area contributed by atoms with Crippen LogP contribution in [0.15, 0.2) is 53.0 Å². The molecule has 0 atom stereocenters. The number of aryl methyl sites for hydroxylation is 1. The normalized spacial score (nSPS) is 11.0. The Balaban J connectivity index is 2.23. The van der Waals surface area contributed by atoms with E-state index >= 15 is 0 Å². The number of hydrogen-bond donors (Lipinski definition) is 0. The molecule has 106 valence electrons. The van der Waals surface area contributed by atoms with Gasteiger partial charge in [-0.2, -0.15) is 0 Å². The number of aromatic nitrogens is 1. The molecule has 3 heteroatoms. The van der Waals surface area contributed by atoms with E-state index in [1.165, 1.54) is 10.9 Å². The van der Waals surface area contributed by atoms with Gasteiger partial charge in [0.2, 0.25) is 0 Å². The van der Waals surface area contributed by atoms with E-state index in [1.807, 2.05) is 24.3 Å². The molecule has 0 spiro atoms. The van der Waals surface area contributed by atoms with E-state index in [-0.39, 0.29) is 0 Å². The molecule has 1 heterocycles. The standard InChI is InChI=1S/C18H15BrClN/c1-2-5-12-6-3-7-13-10-11-16(21-18(12)13)17-14(19)8-4-9-15(17)20/h3-4,6-11H,2,5H2,1H3. The third kappa shape index (κ3) is 2.83. The van der Waals surface area contributed by atoms with E-state index in [1.54, 1.807) is 0 Å². The van der Waals surface area contributed by atoms with Gasteiger partial charge in [0.15, 0.2) is 0 Å². The average molecular weight is 361 g/mol. The Hall–Kier alpha value is -1.38. The van der Waals surface area contributed by atoms with Gasteiger partial charge in [-0.25, -0.2) is 4.98 Å². The highest BCUT2D eigenvalue weighted by Gasteiger charge is 2.11. The zero-order chi connectivity index (χ0) is 14.8. The second kappa shape index (κ2) is 6.17. The van der Waals surface area contributed by atoms with Crippen LogP contribution in [0.3, 0.4) is 0 Å². The molecule has 3 aromatic rings. The minimum Gasteiger partial charge on any atom is -0.247 e. The predicted octanol–water partition coefficient (Wildman–Crippen LogP) is 6.27. The number of fused-ring (bicyclic) bond motifs is 1. The van der Waals surface area contributed by atoms with Crippen LogP contribution in [0, 0.1) is 0 Å². The molecule has 0 aliphatic carbocycles. The highest BCUT2D eigenvalue weighted by molar-refractivity contribution is 9.10. The Bertz CT molecular complexity index is 778. The largest absolute Gasteiger partial charge is 0.247 e. The summed E-state index contributed by atoms with van der Waals surface area (Å²) in [4.78, 5) is 4.87. The fraction of sp³-hybridized carbons (Fsp3) is 0.167. The SMILES string of the molecule is CCCc1cccc2ccc(-c3c(Cl)cccc3Br)nc12. The lowest BCUT2D eigenvalue weighted by molar-refractivity contribution is 0.926. The predicted molar refractivity (Wildman–Crippen MR) is 93.9 cm³/mol. The van der Waals surface area contributed by atoms with Crippen molar-refractivity contribution in [2.24, 2.45) is 0 Å². The van der Waals surface area contributed by atoms with Gasteiger partial charge in [0.05, 0.1) is 16.2 Å². The van der Waals surface area contributed by atoms with E-state index in [4.69, 9.17) is 16.6 Å². The summed E-state index contributed by atoms with van der Waals surface area (Å²) in [5, 5.41) is 1.89. The van der Waals surface area contributed by atoms with Crippen LogP contribution in [-0.4, -0.2) is 4.98 Å². The van der Waals surface area contributed by atoms with Gasteiger partial charge in [0, 0.05) is 15.4 Å². The van der Waals surface area contributed by atoms with Crippen LogP contribution in [-0.2, 0) is 6.42 Å². The molecule has 0 aliphatic heterocycles. The number of benzene rings is 2. The van der Waals surface area contributed by atoms with Crippen molar-refractivity contribution >= 4 is 38.4 Å². The first-order chi connectivity index (χ1) is 10.2. The maximum atomic E-state index is 6.35. The number of para-hydroxylation sites is 1. The number of halogens is 2. The molecule has 0 radical (unpaired) electrons. The van der Waals surface area contributed by atoms with Gasteiger partial charge in [-0.15, -0.1) is 0 Å². The fourth-order valence-corrected chi connectivity index (χ4v) is 3.52. The summed E-state index contributed by atoms with van der Waals surface area (Å²) >= 11 is 9.92. The molecular formula is C18H15BrClN. The van der Waals surface area contributed by atoms with Crippen molar-refractivity contribution in [2.75, 3.05) is 0 Å². The van der Waals surface area contributed by atoms with Crippen LogP contribution < -0.4 is 0 Å². The van der Waals surface area contributed by atoms with Crippen LogP contribution in [0.1, 0.15) is 18.9 Å². The average Bonchev–Trinajstić information content (AvgIpc) is 2.48. The molecule has 0 amide bonds. The molecule has 0 fully saturated rings. The summed E-state index contributed by atoms with van der Waals surface area (Å²) in [6.45, 7) is 2.19. The van der Waals surface area contributed by atoms with Crippen LogP contribution in [0.5, 0.6) is 0 Å². The van der Waals surface area contributed by atoms with E-state index in [0.29, 0.717) is 5.02 Å². The van der Waals surface area contributed by atoms with Gasteiger partial charge in [-0.05, 0) is 30.2 Å². The minimum atomic E-state index is 0.712. The Kier molecular flexibility index (Phi) is 4.27. The smallest absolute Gasteiger partial charge is 0.0741 e. The molecule has 0 unspecified atom stereocenters. The Morgan fingerprint density at radius 1 is 1.05 bits per heavy atom. The first kappa shape index (κ1) is 14.6. The van der Waals surface area contributed by atoms with Crippen LogP contribution in [0.4, 0.5) is 0 Å². The van der Waals surface area contributed by atoms with Crippen molar-refractivity contribution < 1.29 is 0 Å². The maximum absolute atomic E-state index is 6.35. The Morgan fingerprint density at radius 3 is 2.62 bits per heavy atom. The second-order valence-electron chi connectivity index (χ2n) is 5.03. The van der Waals surface area contributed by atoms with Gasteiger partial charge in [-0.1, -0.05) is 71.2 Å². The quantitative estimate of drug-likeness (QED) is 0.536. The molecule has 2 aromatic carbocycles. The fourth-order valence-electron chi connectivity index (χ4n) is 2.56. The zero-order valence-electron chi connectivity index (χ0n) is 11.7. The van der Waals surface area contributed by atoms with Crippen molar-refractivity contribution in [3.63, 3.8) is 0 Å². The van der Waals surface area contributed by atoms with Crippen LogP contribution >= 0.6 is 27.5 Å². The second-order valence-corrected chi connectivity index (χ2v) is 6.29. The zero-order valence-corrected chi connectivity index (χ0v) is 14.1. The topological polar surface area (TPSA) is 12.9 Å². The summed E-state index contributed by atoms with van der Waals surface area (Å²) < 4.78 is 0.967. The van der Waals surface area contributed by atoms with Crippen molar-refractivity contribution in [3.8, 4) is 11.3 Å². The van der Waals surface area contributed by atoms with Crippen LogP contribution in [0.25, 0.3) is 22.2 Å². The van der Waals surface area contributed by atoms with Gasteiger partial charge < -0.3 is 0 Å². The lowest BCUT2D eigenvalue weighted by atomic mass is 10.0. The minimum absolute atomic E-state index is 0.712. The third-order valence-corrected chi connectivity index (χ3v) is 4.52. The molecule has 3 rings (SSSR count). The third-order valence-electron chi connectivity index (χ3n) is 3.54. The lowest BCUT2D eigenvalue weighted by Gasteiger charge is -2.10.